The van der Waals surface area contributed by atoms with E-state index in [0.29, 0.717) is 34.4 Å². The number of ether oxygens (including phenoxy) is 2. The van der Waals surface area contributed by atoms with Gasteiger partial charge in [0.25, 0.3) is 5.91 Å². The molecule has 0 aliphatic rings. The Kier molecular flexibility index (Phi) is 7.17. The van der Waals surface area contributed by atoms with E-state index in [1.165, 1.54) is 11.3 Å². The smallest absolute Gasteiger partial charge is 0.262 e. The van der Waals surface area contributed by atoms with Crippen molar-refractivity contribution in [3.05, 3.63) is 70.3 Å². The number of imidazole rings is 1. The van der Waals surface area contributed by atoms with Crippen molar-refractivity contribution in [3.8, 4) is 22.1 Å². The fourth-order valence-corrected chi connectivity index (χ4v) is 4.69. The molecular formula is C24H24ClN3O4S. The highest BCUT2D eigenvalue weighted by Gasteiger charge is 2.21. The van der Waals surface area contributed by atoms with E-state index >= 15 is 0 Å². The standard InChI is InChI=1S/C24H24ClN3O4S/c1-15(17-6-2-3-7-18(17)25)32-20-12-21(33-23(20)24(26)30)19-13-27-22-9-8-16(14-28(19)22)31-11-5-4-10-29/h2-3,6-9,12-15,29H,4-5,10-11H2,1H3,(H2,26,30). The molecule has 0 saturated carbocycles. The van der Waals surface area contributed by atoms with Gasteiger partial charge in [-0.1, -0.05) is 29.8 Å². The highest BCUT2D eigenvalue weighted by Crippen LogP contribution is 2.39. The van der Waals surface area contributed by atoms with Crippen molar-refractivity contribution < 1.29 is 19.4 Å². The van der Waals surface area contributed by atoms with Crippen LogP contribution in [0.25, 0.3) is 16.2 Å². The Labute approximate surface area is 200 Å². The summed E-state index contributed by atoms with van der Waals surface area (Å²) in [6, 6.07) is 12.9. The van der Waals surface area contributed by atoms with Crippen LogP contribution in [0.1, 0.15) is 41.1 Å². The molecule has 3 heterocycles. The number of carbonyl (C=O) groups is 1. The van der Waals surface area contributed by atoms with Gasteiger partial charge in [-0.2, -0.15) is 0 Å². The Bertz CT molecular complexity index is 1270. The average Bonchev–Trinajstić information content (AvgIpc) is 3.40. The maximum atomic E-state index is 12.1. The Hall–Kier alpha value is -3.07. The molecule has 3 aromatic heterocycles. The van der Waals surface area contributed by atoms with Crippen LogP contribution in [0.15, 0.2) is 54.9 Å². The van der Waals surface area contributed by atoms with Crippen LogP contribution in [-0.4, -0.2) is 33.6 Å². The number of primary amides is 1. The second kappa shape index (κ2) is 10.2. The van der Waals surface area contributed by atoms with Gasteiger partial charge in [-0.3, -0.25) is 9.20 Å². The number of aromatic nitrogens is 2. The molecule has 0 aliphatic heterocycles. The summed E-state index contributed by atoms with van der Waals surface area (Å²) in [5.41, 5.74) is 8.00. The summed E-state index contributed by atoms with van der Waals surface area (Å²) in [6.45, 7) is 2.53. The van der Waals surface area contributed by atoms with Crippen LogP contribution >= 0.6 is 22.9 Å². The number of thiophene rings is 1. The first-order valence-corrected chi connectivity index (χ1v) is 11.7. The number of halogens is 1. The molecule has 1 atom stereocenters. The SMILES string of the molecule is CC(Oc1cc(-c2cnc3ccc(OCCCCO)cn23)sc1C(N)=O)c1ccccc1Cl. The summed E-state index contributed by atoms with van der Waals surface area (Å²) in [5, 5.41) is 9.51. The lowest BCUT2D eigenvalue weighted by Gasteiger charge is -2.16. The summed E-state index contributed by atoms with van der Waals surface area (Å²) >= 11 is 7.55. The molecule has 1 unspecified atom stereocenters. The van der Waals surface area contributed by atoms with E-state index in [1.54, 1.807) is 18.3 Å². The van der Waals surface area contributed by atoms with Crippen LogP contribution in [0.3, 0.4) is 0 Å². The Morgan fingerprint density at radius 3 is 2.85 bits per heavy atom. The first-order chi connectivity index (χ1) is 16.0. The average molecular weight is 486 g/mol. The fraction of sp³-hybridized carbons (Fsp3) is 0.250. The number of nitrogens with zero attached hydrogens (tertiary/aromatic N) is 2. The molecule has 33 heavy (non-hydrogen) atoms. The molecule has 7 nitrogen and oxygen atoms in total. The predicted octanol–water partition coefficient (Wildman–Crippen LogP) is 5.11. The van der Waals surface area contributed by atoms with Crippen LogP contribution in [-0.2, 0) is 0 Å². The lowest BCUT2D eigenvalue weighted by Crippen LogP contribution is -2.12. The van der Waals surface area contributed by atoms with Gasteiger partial charge in [0.05, 0.1) is 29.6 Å². The molecule has 9 heteroatoms. The van der Waals surface area contributed by atoms with Gasteiger partial charge in [-0.25, -0.2) is 4.98 Å². The zero-order valence-corrected chi connectivity index (χ0v) is 19.6. The van der Waals surface area contributed by atoms with E-state index in [2.05, 4.69) is 4.98 Å². The Morgan fingerprint density at radius 2 is 2.09 bits per heavy atom. The number of fused-ring (bicyclic) bond motifs is 1. The van der Waals surface area contributed by atoms with Gasteiger partial charge in [-0.15, -0.1) is 11.3 Å². The molecule has 3 N–H and O–H groups in total. The number of aliphatic hydroxyl groups is 1. The van der Waals surface area contributed by atoms with Crippen LogP contribution in [0.4, 0.5) is 0 Å². The Morgan fingerprint density at radius 1 is 1.27 bits per heavy atom. The minimum Gasteiger partial charge on any atom is -0.492 e. The fourth-order valence-electron chi connectivity index (χ4n) is 3.45. The predicted molar refractivity (Wildman–Crippen MR) is 129 cm³/mol. The molecule has 1 amide bonds. The van der Waals surface area contributed by atoms with E-state index in [1.807, 2.05) is 47.9 Å². The number of nitrogens with two attached hydrogens (primary N) is 1. The van der Waals surface area contributed by atoms with E-state index in [9.17, 15) is 4.79 Å². The molecule has 0 radical (unpaired) electrons. The highest BCUT2D eigenvalue weighted by atomic mass is 35.5. The highest BCUT2D eigenvalue weighted by molar-refractivity contribution is 7.17. The van der Waals surface area contributed by atoms with Crippen LogP contribution < -0.4 is 15.2 Å². The van der Waals surface area contributed by atoms with Crippen molar-refractivity contribution >= 4 is 34.5 Å². The number of rotatable bonds is 10. The molecule has 1 aromatic carbocycles. The third-order valence-electron chi connectivity index (χ3n) is 5.12. The second-order valence-corrected chi connectivity index (χ2v) is 8.92. The number of benzene rings is 1. The van der Waals surface area contributed by atoms with Crippen molar-refractivity contribution in [2.45, 2.75) is 25.9 Å². The monoisotopic (exact) mass is 485 g/mol. The zero-order chi connectivity index (χ0) is 23.4. The summed E-state index contributed by atoms with van der Waals surface area (Å²) in [6.07, 6.45) is 4.68. The van der Waals surface area contributed by atoms with Crippen molar-refractivity contribution in [1.29, 1.82) is 0 Å². The molecule has 0 spiro atoms. The summed E-state index contributed by atoms with van der Waals surface area (Å²) < 4.78 is 13.8. The number of aliphatic hydroxyl groups excluding tert-OH is 1. The van der Waals surface area contributed by atoms with E-state index in [4.69, 9.17) is 31.9 Å². The molecule has 0 fully saturated rings. The summed E-state index contributed by atoms with van der Waals surface area (Å²) in [5.74, 6) is 0.533. The minimum absolute atomic E-state index is 0.147. The lowest BCUT2D eigenvalue weighted by atomic mass is 10.1. The molecule has 0 saturated heterocycles. The topological polar surface area (TPSA) is 99.1 Å². The normalized spacial score (nSPS) is 12.1. The van der Waals surface area contributed by atoms with E-state index < -0.39 is 5.91 Å². The first kappa shape index (κ1) is 23.1. The molecular weight excluding hydrogens is 462 g/mol. The van der Waals surface area contributed by atoms with E-state index in [0.717, 1.165) is 28.2 Å². The van der Waals surface area contributed by atoms with Gasteiger partial charge in [0.15, 0.2) is 0 Å². The quantitative estimate of drug-likeness (QED) is 0.304. The number of hydrogen-bond acceptors (Lipinski definition) is 6. The van der Waals surface area contributed by atoms with Crippen LogP contribution in [0.5, 0.6) is 11.5 Å². The minimum atomic E-state index is -0.561. The molecule has 0 bridgehead atoms. The van der Waals surface area contributed by atoms with Gasteiger partial charge in [-0.05, 0) is 38.0 Å². The second-order valence-electron chi connectivity index (χ2n) is 7.47. The molecule has 172 valence electrons. The number of hydrogen-bond donors (Lipinski definition) is 2. The number of carbonyl (C=O) groups excluding carboxylic acids is 1. The van der Waals surface area contributed by atoms with Crippen molar-refractivity contribution in [1.82, 2.24) is 9.38 Å². The van der Waals surface area contributed by atoms with Crippen molar-refractivity contribution in [3.63, 3.8) is 0 Å². The van der Waals surface area contributed by atoms with Crippen molar-refractivity contribution in [2.75, 3.05) is 13.2 Å². The summed E-state index contributed by atoms with van der Waals surface area (Å²) in [7, 11) is 0. The maximum absolute atomic E-state index is 12.1. The van der Waals surface area contributed by atoms with E-state index in [-0.39, 0.29) is 12.7 Å². The van der Waals surface area contributed by atoms with Crippen molar-refractivity contribution in [2.24, 2.45) is 5.73 Å². The maximum Gasteiger partial charge on any atom is 0.262 e. The van der Waals surface area contributed by atoms with Gasteiger partial charge in [0.2, 0.25) is 0 Å². The third kappa shape index (κ3) is 5.13. The van der Waals surface area contributed by atoms with Crippen LogP contribution in [0, 0.1) is 0 Å². The molecule has 4 rings (SSSR count). The molecule has 4 aromatic rings. The van der Waals surface area contributed by atoms with Gasteiger partial charge >= 0.3 is 0 Å². The number of pyridine rings is 1. The van der Waals surface area contributed by atoms with Crippen LogP contribution in [0.2, 0.25) is 5.02 Å². The first-order valence-electron chi connectivity index (χ1n) is 10.5. The summed E-state index contributed by atoms with van der Waals surface area (Å²) in [4.78, 5) is 17.7. The third-order valence-corrected chi connectivity index (χ3v) is 6.62. The molecule has 0 aliphatic carbocycles. The Balaban J connectivity index is 1.64. The van der Waals surface area contributed by atoms with Gasteiger partial charge in [0.1, 0.15) is 28.1 Å². The van der Waals surface area contributed by atoms with Gasteiger partial charge < -0.3 is 20.3 Å². The number of amides is 1. The lowest BCUT2D eigenvalue weighted by molar-refractivity contribution is 0.0998. The largest absolute Gasteiger partial charge is 0.492 e. The zero-order valence-electron chi connectivity index (χ0n) is 18.0. The number of unbranched alkanes of at least 4 members (excludes halogenated alkanes) is 1. The van der Waals surface area contributed by atoms with Gasteiger partial charge in [0, 0.05) is 23.3 Å².